The molecule has 0 aromatic carbocycles. The molecule has 0 aromatic heterocycles. The average Bonchev–Trinajstić information content (AvgIpc) is 3.01. The first-order valence-corrected chi connectivity index (χ1v) is 5.76. The van der Waals surface area contributed by atoms with Crippen molar-refractivity contribution in [2.45, 2.75) is 25.7 Å². The molecule has 4 heteroatoms. The van der Waals surface area contributed by atoms with Gasteiger partial charge in [0.25, 0.3) is 0 Å². The average molecular weight is 213 g/mol. The smallest absolute Gasteiger partial charge is 0.309 e. The molecule has 4 nitrogen and oxygen atoms in total. The molecule has 86 valence electrons. The van der Waals surface area contributed by atoms with E-state index in [0.717, 1.165) is 58.5 Å². The van der Waals surface area contributed by atoms with E-state index in [9.17, 15) is 4.79 Å². The van der Waals surface area contributed by atoms with E-state index in [1.165, 1.54) is 0 Å². The zero-order valence-corrected chi connectivity index (χ0v) is 9.07. The Balaban J connectivity index is 1.64. The molecule has 0 atom stereocenters. The molecule has 15 heavy (non-hydrogen) atoms. The van der Waals surface area contributed by atoms with Crippen LogP contribution in [0.15, 0.2) is 0 Å². The normalized spacial score (nSPS) is 25.1. The van der Waals surface area contributed by atoms with Gasteiger partial charge in [0.1, 0.15) is 0 Å². The standard InChI is InChI=1S/C11H19NO3/c13-10(14)11(3-4-11)2-1-5-12-6-8-15-9-7-12/h1-9H2,(H,13,14). The maximum atomic E-state index is 10.9. The largest absolute Gasteiger partial charge is 0.481 e. The van der Waals surface area contributed by atoms with Crippen LogP contribution in [-0.4, -0.2) is 48.8 Å². The predicted octanol–water partition coefficient (Wildman–Crippen LogP) is 0.964. The van der Waals surface area contributed by atoms with E-state index < -0.39 is 5.97 Å². The maximum Gasteiger partial charge on any atom is 0.309 e. The Kier molecular flexibility index (Phi) is 3.26. The summed E-state index contributed by atoms with van der Waals surface area (Å²) in [5.41, 5.74) is -0.341. The van der Waals surface area contributed by atoms with Gasteiger partial charge in [0.2, 0.25) is 0 Å². The van der Waals surface area contributed by atoms with Crippen LogP contribution in [0, 0.1) is 5.41 Å². The Morgan fingerprint density at radius 3 is 2.53 bits per heavy atom. The highest BCUT2D eigenvalue weighted by Gasteiger charge is 2.49. The monoisotopic (exact) mass is 213 g/mol. The Morgan fingerprint density at radius 1 is 1.33 bits per heavy atom. The molecular formula is C11H19NO3. The molecule has 1 aliphatic heterocycles. The Labute approximate surface area is 90.2 Å². The second-order valence-electron chi connectivity index (χ2n) is 4.64. The summed E-state index contributed by atoms with van der Waals surface area (Å²) in [6, 6.07) is 0. The van der Waals surface area contributed by atoms with Crippen LogP contribution >= 0.6 is 0 Å². The fourth-order valence-corrected chi connectivity index (χ4v) is 2.19. The van der Waals surface area contributed by atoms with Gasteiger partial charge in [-0.2, -0.15) is 0 Å². The lowest BCUT2D eigenvalue weighted by atomic mass is 10.0. The lowest BCUT2D eigenvalue weighted by Gasteiger charge is -2.26. The molecule has 1 saturated heterocycles. The van der Waals surface area contributed by atoms with Crippen LogP contribution in [0.25, 0.3) is 0 Å². The van der Waals surface area contributed by atoms with Gasteiger partial charge in [0.05, 0.1) is 18.6 Å². The first-order valence-electron chi connectivity index (χ1n) is 5.76. The fraction of sp³-hybridized carbons (Fsp3) is 0.909. The van der Waals surface area contributed by atoms with Gasteiger partial charge in [-0.25, -0.2) is 0 Å². The molecule has 0 bridgehead atoms. The van der Waals surface area contributed by atoms with Gasteiger partial charge in [0.15, 0.2) is 0 Å². The van der Waals surface area contributed by atoms with Gasteiger partial charge >= 0.3 is 5.97 Å². The number of aliphatic carboxylic acids is 1. The maximum absolute atomic E-state index is 10.9. The van der Waals surface area contributed by atoms with Crippen LogP contribution in [0.3, 0.4) is 0 Å². The molecule has 1 N–H and O–H groups in total. The Bertz CT molecular complexity index is 232. The van der Waals surface area contributed by atoms with E-state index in [0.29, 0.717) is 0 Å². The number of carboxylic acids is 1. The lowest BCUT2D eigenvalue weighted by molar-refractivity contribution is -0.143. The van der Waals surface area contributed by atoms with E-state index in [1.807, 2.05) is 0 Å². The van der Waals surface area contributed by atoms with Crippen LogP contribution in [0.1, 0.15) is 25.7 Å². The first kappa shape index (κ1) is 10.9. The van der Waals surface area contributed by atoms with E-state index in [-0.39, 0.29) is 5.41 Å². The summed E-state index contributed by atoms with van der Waals surface area (Å²) in [4.78, 5) is 13.3. The zero-order valence-electron chi connectivity index (χ0n) is 9.07. The summed E-state index contributed by atoms with van der Waals surface area (Å²) in [6.45, 7) is 4.67. The third-order valence-electron chi connectivity index (χ3n) is 3.54. The summed E-state index contributed by atoms with van der Waals surface area (Å²) < 4.78 is 5.26. The Morgan fingerprint density at radius 2 is 2.00 bits per heavy atom. The number of rotatable bonds is 5. The molecule has 2 fully saturated rings. The second kappa shape index (κ2) is 4.49. The highest BCUT2D eigenvalue weighted by Crippen LogP contribution is 2.49. The van der Waals surface area contributed by atoms with Crippen molar-refractivity contribution in [1.82, 2.24) is 4.90 Å². The van der Waals surface area contributed by atoms with Crippen molar-refractivity contribution in [3.05, 3.63) is 0 Å². The van der Waals surface area contributed by atoms with Gasteiger partial charge in [-0.3, -0.25) is 9.69 Å². The molecule has 0 radical (unpaired) electrons. The van der Waals surface area contributed by atoms with Crippen molar-refractivity contribution >= 4 is 5.97 Å². The molecule has 1 heterocycles. The highest BCUT2D eigenvalue weighted by molar-refractivity contribution is 5.77. The van der Waals surface area contributed by atoms with Crippen molar-refractivity contribution in [2.24, 2.45) is 5.41 Å². The summed E-state index contributed by atoms with van der Waals surface area (Å²) in [5, 5.41) is 9.01. The number of hydrogen-bond acceptors (Lipinski definition) is 3. The summed E-state index contributed by atoms with van der Waals surface area (Å²) >= 11 is 0. The van der Waals surface area contributed by atoms with Crippen molar-refractivity contribution in [3.8, 4) is 0 Å². The number of hydrogen-bond donors (Lipinski definition) is 1. The zero-order chi connectivity index (χ0) is 10.7. The minimum Gasteiger partial charge on any atom is -0.481 e. The lowest BCUT2D eigenvalue weighted by Crippen LogP contribution is -2.37. The molecule has 1 saturated carbocycles. The van der Waals surface area contributed by atoms with Gasteiger partial charge in [-0.1, -0.05) is 0 Å². The minimum atomic E-state index is -0.593. The van der Waals surface area contributed by atoms with Gasteiger partial charge in [0, 0.05) is 13.1 Å². The number of carbonyl (C=O) groups is 1. The molecule has 0 unspecified atom stereocenters. The number of morpholine rings is 1. The van der Waals surface area contributed by atoms with Crippen LogP contribution in [0.2, 0.25) is 0 Å². The third kappa shape index (κ3) is 2.69. The van der Waals surface area contributed by atoms with E-state index in [1.54, 1.807) is 0 Å². The topological polar surface area (TPSA) is 49.8 Å². The van der Waals surface area contributed by atoms with Crippen LogP contribution in [0.5, 0.6) is 0 Å². The summed E-state index contributed by atoms with van der Waals surface area (Å²) in [6.07, 6.45) is 3.61. The van der Waals surface area contributed by atoms with Crippen LogP contribution in [0.4, 0.5) is 0 Å². The fourth-order valence-electron chi connectivity index (χ4n) is 2.19. The quantitative estimate of drug-likeness (QED) is 0.739. The van der Waals surface area contributed by atoms with Gasteiger partial charge < -0.3 is 9.84 Å². The van der Waals surface area contributed by atoms with Crippen LogP contribution < -0.4 is 0 Å². The molecule has 0 aromatic rings. The molecule has 0 amide bonds. The van der Waals surface area contributed by atoms with Gasteiger partial charge in [-0.15, -0.1) is 0 Å². The summed E-state index contributed by atoms with van der Waals surface area (Å²) in [7, 11) is 0. The minimum absolute atomic E-state index is 0.341. The van der Waals surface area contributed by atoms with E-state index in [2.05, 4.69) is 4.90 Å². The van der Waals surface area contributed by atoms with Crippen LogP contribution in [-0.2, 0) is 9.53 Å². The predicted molar refractivity (Wildman–Crippen MR) is 55.8 cm³/mol. The first-order chi connectivity index (χ1) is 7.23. The molecule has 0 spiro atoms. The third-order valence-corrected chi connectivity index (χ3v) is 3.54. The van der Waals surface area contributed by atoms with E-state index >= 15 is 0 Å². The molecule has 2 rings (SSSR count). The number of carboxylic acid groups (broad SMARTS) is 1. The second-order valence-corrected chi connectivity index (χ2v) is 4.64. The Hall–Kier alpha value is -0.610. The summed E-state index contributed by atoms with van der Waals surface area (Å²) in [5.74, 6) is -0.593. The van der Waals surface area contributed by atoms with Crippen molar-refractivity contribution in [3.63, 3.8) is 0 Å². The molecule has 2 aliphatic rings. The van der Waals surface area contributed by atoms with Crippen molar-refractivity contribution < 1.29 is 14.6 Å². The van der Waals surface area contributed by atoms with E-state index in [4.69, 9.17) is 9.84 Å². The van der Waals surface area contributed by atoms with Gasteiger partial charge in [-0.05, 0) is 32.2 Å². The SMILES string of the molecule is O=C(O)C1(CCCN2CCOCC2)CC1. The highest BCUT2D eigenvalue weighted by atomic mass is 16.5. The molecule has 1 aliphatic carbocycles. The van der Waals surface area contributed by atoms with Crippen molar-refractivity contribution in [2.75, 3.05) is 32.8 Å². The molecular weight excluding hydrogens is 194 g/mol. The number of nitrogens with zero attached hydrogens (tertiary/aromatic N) is 1. The van der Waals surface area contributed by atoms with Crippen molar-refractivity contribution in [1.29, 1.82) is 0 Å². The number of ether oxygens (including phenoxy) is 1.